The molecule has 2 N–H and O–H groups in total. The van der Waals surface area contributed by atoms with E-state index in [1.807, 2.05) is 6.92 Å². The molecule has 0 unspecified atom stereocenters. The molecule has 0 fully saturated rings. The Morgan fingerprint density at radius 1 is 1.37 bits per heavy atom. The minimum atomic E-state index is -0.937. The van der Waals surface area contributed by atoms with Crippen LogP contribution in [0.2, 0.25) is 0 Å². The van der Waals surface area contributed by atoms with Gasteiger partial charge in [-0.15, -0.1) is 0 Å². The number of aromatic carboxylic acids is 1. The Balaban J connectivity index is 2.65. The van der Waals surface area contributed by atoms with Crippen LogP contribution in [-0.2, 0) is 6.42 Å². The van der Waals surface area contributed by atoms with Gasteiger partial charge in [0, 0.05) is 17.0 Å². The van der Waals surface area contributed by atoms with Gasteiger partial charge >= 0.3 is 5.97 Å². The van der Waals surface area contributed by atoms with E-state index in [2.05, 4.69) is 11.1 Å². The summed E-state index contributed by atoms with van der Waals surface area (Å²) >= 11 is 0. The highest BCUT2D eigenvalue weighted by molar-refractivity contribution is 5.98. The van der Waals surface area contributed by atoms with Crippen molar-refractivity contribution in [2.45, 2.75) is 20.3 Å². The summed E-state index contributed by atoms with van der Waals surface area (Å²) in [7, 11) is 0. The average Bonchev–Trinajstić information content (AvgIpc) is 2.75. The molecule has 1 aromatic carbocycles. The maximum Gasteiger partial charge on any atom is 0.338 e. The van der Waals surface area contributed by atoms with Crippen LogP contribution in [0.15, 0.2) is 24.3 Å². The summed E-state index contributed by atoms with van der Waals surface area (Å²) in [5.74, 6) is -0.937. The van der Waals surface area contributed by atoms with E-state index in [-0.39, 0.29) is 0 Å². The van der Waals surface area contributed by atoms with Crippen LogP contribution in [0.5, 0.6) is 0 Å². The summed E-state index contributed by atoms with van der Waals surface area (Å²) in [6, 6.07) is 9.02. The summed E-state index contributed by atoms with van der Waals surface area (Å²) in [5.41, 5.74) is 3.96. The first kappa shape index (κ1) is 12.9. The number of carbonyl (C=O) groups is 1. The van der Waals surface area contributed by atoms with Gasteiger partial charge in [0.05, 0.1) is 17.2 Å². The maximum atomic E-state index is 11.4. The van der Waals surface area contributed by atoms with Crippen molar-refractivity contribution in [1.82, 2.24) is 4.98 Å². The zero-order valence-corrected chi connectivity index (χ0v) is 10.8. The molecular formula is C15H14N2O2. The Kier molecular flexibility index (Phi) is 3.39. The Morgan fingerprint density at radius 2 is 2.00 bits per heavy atom. The van der Waals surface area contributed by atoms with E-state index in [9.17, 15) is 9.90 Å². The molecule has 0 amide bonds. The van der Waals surface area contributed by atoms with Crippen LogP contribution >= 0.6 is 0 Å². The SMILES string of the molecule is CCc1[nH]c(C)c(C(=O)O)c1-c1ccc(C#N)cc1. The second-order valence-electron chi connectivity index (χ2n) is 4.33. The quantitative estimate of drug-likeness (QED) is 0.883. The van der Waals surface area contributed by atoms with Gasteiger partial charge in [0.25, 0.3) is 0 Å². The van der Waals surface area contributed by atoms with E-state index in [0.29, 0.717) is 16.8 Å². The topological polar surface area (TPSA) is 76.9 Å². The number of carboxylic acid groups (broad SMARTS) is 1. The molecule has 4 heteroatoms. The van der Waals surface area contributed by atoms with Crippen LogP contribution in [-0.4, -0.2) is 16.1 Å². The van der Waals surface area contributed by atoms with Crippen molar-refractivity contribution in [1.29, 1.82) is 5.26 Å². The van der Waals surface area contributed by atoms with Crippen molar-refractivity contribution >= 4 is 5.97 Å². The summed E-state index contributed by atoms with van der Waals surface area (Å²) < 4.78 is 0. The van der Waals surface area contributed by atoms with Gasteiger partial charge in [-0.05, 0) is 31.0 Å². The van der Waals surface area contributed by atoms with Crippen molar-refractivity contribution in [3.05, 3.63) is 46.8 Å². The number of benzene rings is 1. The lowest BCUT2D eigenvalue weighted by atomic mass is 9.98. The monoisotopic (exact) mass is 254 g/mol. The number of nitriles is 1. The molecular weight excluding hydrogens is 240 g/mol. The number of nitrogens with one attached hydrogen (secondary N) is 1. The fourth-order valence-electron chi connectivity index (χ4n) is 2.25. The molecule has 0 radical (unpaired) electrons. The molecule has 2 rings (SSSR count). The van der Waals surface area contributed by atoms with Crippen LogP contribution in [0.1, 0.15) is 34.2 Å². The minimum absolute atomic E-state index is 0.307. The number of aromatic nitrogens is 1. The van der Waals surface area contributed by atoms with Crippen molar-refractivity contribution in [2.75, 3.05) is 0 Å². The molecule has 4 nitrogen and oxygen atoms in total. The van der Waals surface area contributed by atoms with Crippen LogP contribution in [0.25, 0.3) is 11.1 Å². The Labute approximate surface area is 111 Å². The molecule has 2 aromatic rings. The Morgan fingerprint density at radius 3 is 2.47 bits per heavy atom. The first-order valence-corrected chi connectivity index (χ1v) is 6.03. The lowest BCUT2D eigenvalue weighted by Gasteiger charge is -2.04. The van der Waals surface area contributed by atoms with Gasteiger partial charge in [0.15, 0.2) is 0 Å². The lowest BCUT2D eigenvalue weighted by Crippen LogP contribution is -1.99. The lowest BCUT2D eigenvalue weighted by molar-refractivity contribution is 0.0697. The zero-order chi connectivity index (χ0) is 14.0. The zero-order valence-electron chi connectivity index (χ0n) is 10.8. The smallest absolute Gasteiger partial charge is 0.338 e. The predicted octanol–water partition coefficient (Wildman–Crippen LogP) is 3.12. The number of aromatic amines is 1. The summed E-state index contributed by atoms with van der Waals surface area (Å²) in [6.45, 7) is 3.74. The van der Waals surface area contributed by atoms with Gasteiger partial charge < -0.3 is 10.1 Å². The van der Waals surface area contributed by atoms with Crippen LogP contribution in [0, 0.1) is 18.3 Å². The number of rotatable bonds is 3. The summed E-state index contributed by atoms with van der Waals surface area (Å²) in [6.07, 6.45) is 0.726. The molecule has 0 saturated heterocycles. The molecule has 0 aliphatic heterocycles. The highest BCUT2D eigenvalue weighted by Crippen LogP contribution is 2.30. The second kappa shape index (κ2) is 4.99. The fourth-order valence-corrected chi connectivity index (χ4v) is 2.25. The molecule has 1 heterocycles. The number of carboxylic acids is 1. The molecule has 1 aromatic heterocycles. The number of nitrogens with zero attached hydrogens (tertiary/aromatic N) is 1. The standard InChI is InChI=1S/C15H14N2O2/c1-3-12-14(13(15(18)19)9(2)17-12)11-6-4-10(8-16)5-7-11/h4-7,17H,3H2,1-2H3,(H,18,19). The van der Waals surface area contributed by atoms with Crippen molar-refractivity contribution in [3.8, 4) is 17.2 Å². The van der Waals surface area contributed by atoms with E-state index in [1.165, 1.54) is 0 Å². The molecule has 0 spiro atoms. The Bertz CT molecular complexity index is 661. The fraction of sp³-hybridized carbons (Fsp3) is 0.200. The van der Waals surface area contributed by atoms with Crippen LogP contribution < -0.4 is 0 Å². The van der Waals surface area contributed by atoms with Crippen LogP contribution in [0.3, 0.4) is 0 Å². The Hall–Kier alpha value is -2.54. The van der Waals surface area contributed by atoms with Crippen LogP contribution in [0.4, 0.5) is 0 Å². The molecule has 0 saturated carbocycles. The molecule has 0 bridgehead atoms. The van der Waals surface area contributed by atoms with Crippen molar-refractivity contribution < 1.29 is 9.90 Å². The van der Waals surface area contributed by atoms with E-state index in [4.69, 9.17) is 5.26 Å². The second-order valence-corrected chi connectivity index (χ2v) is 4.33. The largest absolute Gasteiger partial charge is 0.478 e. The van der Waals surface area contributed by atoms with E-state index in [0.717, 1.165) is 23.2 Å². The summed E-state index contributed by atoms with van der Waals surface area (Å²) in [4.78, 5) is 14.5. The van der Waals surface area contributed by atoms with Crippen molar-refractivity contribution in [3.63, 3.8) is 0 Å². The molecule has 0 atom stereocenters. The number of H-pyrrole nitrogens is 1. The third-order valence-corrected chi connectivity index (χ3v) is 3.14. The van der Waals surface area contributed by atoms with Gasteiger partial charge in [-0.25, -0.2) is 4.79 Å². The number of aryl methyl sites for hydroxylation is 2. The van der Waals surface area contributed by atoms with Gasteiger partial charge in [-0.3, -0.25) is 0 Å². The predicted molar refractivity (Wildman–Crippen MR) is 72.0 cm³/mol. The van der Waals surface area contributed by atoms with Gasteiger partial charge in [0.1, 0.15) is 0 Å². The molecule has 0 aliphatic carbocycles. The molecule has 19 heavy (non-hydrogen) atoms. The van der Waals surface area contributed by atoms with E-state index < -0.39 is 5.97 Å². The average molecular weight is 254 g/mol. The molecule has 96 valence electrons. The third-order valence-electron chi connectivity index (χ3n) is 3.14. The van der Waals surface area contributed by atoms with E-state index >= 15 is 0 Å². The highest BCUT2D eigenvalue weighted by Gasteiger charge is 2.20. The summed E-state index contributed by atoms with van der Waals surface area (Å²) in [5, 5.41) is 18.1. The van der Waals surface area contributed by atoms with Crippen molar-refractivity contribution in [2.24, 2.45) is 0 Å². The number of hydrogen-bond donors (Lipinski definition) is 2. The van der Waals surface area contributed by atoms with E-state index in [1.54, 1.807) is 31.2 Å². The maximum absolute atomic E-state index is 11.4. The highest BCUT2D eigenvalue weighted by atomic mass is 16.4. The number of hydrogen-bond acceptors (Lipinski definition) is 2. The van der Waals surface area contributed by atoms with Gasteiger partial charge in [-0.2, -0.15) is 5.26 Å². The first-order chi connectivity index (χ1) is 9.08. The first-order valence-electron chi connectivity index (χ1n) is 6.03. The van der Waals surface area contributed by atoms with Gasteiger partial charge in [-0.1, -0.05) is 19.1 Å². The normalized spacial score (nSPS) is 10.2. The minimum Gasteiger partial charge on any atom is -0.478 e. The third kappa shape index (κ3) is 2.23. The van der Waals surface area contributed by atoms with Gasteiger partial charge in [0.2, 0.25) is 0 Å². The molecule has 0 aliphatic rings.